The molecule has 1 saturated heterocycles. The van der Waals surface area contributed by atoms with Gasteiger partial charge in [0.25, 0.3) is 0 Å². The maximum atomic E-state index is 13.3. The summed E-state index contributed by atoms with van der Waals surface area (Å²) in [6.07, 6.45) is 5.52. The molecule has 0 aromatic carbocycles. The highest BCUT2D eigenvalue weighted by Crippen LogP contribution is 2.21. The smallest absolute Gasteiger partial charge is 0.406 e. The first-order valence-electron chi connectivity index (χ1n) is 14.2. The van der Waals surface area contributed by atoms with Gasteiger partial charge < -0.3 is 36.2 Å². The molecule has 1 aliphatic rings. The largest absolute Gasteiger partial charge is 0.453 e. The van der Waals surface area contributed by atoms with E-state index in [2.05, 4.69) is 45.2 Å². The van der Waals surface area contributed by atoms with Crippen LogP contribution in [-0.2, 0) is 23.9 Å². The van der Waals surface area contributed by atoms with E-state index in [1.807, 2.05) is 26.1 Å². The van der Waals surface area contributed by atoms with Crippen LogP contribution in [0.5, 0.6) is 0 Å². The van der Waals surface area contributed by atoms with Crippen molar-refractivity contribution >= 4 is 29.7 Å². The van der Waals surface area contributed by atoms with Gasteiger partial charge in [-0.2, -0.15) is 0 Å². The number of hydrogen-bond acceptors (Lipinski definition) is 7. The molecule has 228 valence electrons. The first-order chi connectivity index (χ1) is 18.9. The molecular formula is C28H50N6O6. The van der Waals surface area contributed by atoms with Crippen molar-refractivity contribution in [1.29, 1.82) is 0 Å². The topological polar surface area (TPSA) is 158 Å². The fourth-order valence-corrected chi connectivity index (χ4v) is 4.63. The lowest BCUT2D eigenvalue weighted by atomic mass is 10.0. The molecule has 40 heavy (non-hydrogen) atoms. The van der Waals surface area contributed by atoms with Crippen molar-refractivity contribution in [1.82, 2.24) is 31.5 Å². The number of likely N-dealkylation sites (N-methyl/N-ethyl adjacent to an activating group) is 2. The molecule has 0 spiro atoms. The minimum Gasteiger partial charge on any atom is -0.453 e. The van der Waals surface area contributed by atoms with Gasteiger partial charge in [-0.05, 0) is 44.6 Å². The molecule has 0 aromatic rings. The molecule has 0 radical (unpaired) electrons. The van der Waals surface area contributed by atoms with Gasteiger partial charge in [-0.25, -0.2) is 4.79 Å². The summed E-state index contributed by atoms with van der Waals surface area (Å²) in [4.78, 5) is 65.1. The highest BCUT2D eigenvalue weighted by Gasteiger charge is 2.38. The number of carbonyl (C=O) groups excluding carboxylic acids is 5. The molecule has 1 fully saturated rings. The number of amides is 5. The average molecular weight is 567 g/mol. The van der Waals surface area contributed by atoms with Crippen LogP contribution in [0.2, 0.25) is 0 Å². The predicted molar refractivity (Wildman–Crippen MR) is 153 cm³/mol. The third-order valence-electron chi connectivity index (χ3n) is 6.97. The number of carbonyl (C=O) groups is 5. The second-order valence-corrected chi connectivity index (χ2v) is 11.0. The predicted octanol–water partition coefficient (Wildman–Crippen LogP) is 0.922. The number of alkyl carbamates (subject to hydrolysis) is 1. The van der Waals surface area contributed by atoms with E-state index in [0.29, 0.717) is 25.3 Å². The van der Waals surface area contributed by atoms with Crippen molar-refractivity contribution < 1.29 is 28.7 Å². The van der Waals surface area contributed by atoms with Gasteiger partial charge in [-0.1, -0.05) is 46.8 Å². The van der Waals surface area contributed by atoms with Gasteiger partial charge in [0, 0.05) is 26.2 Å². The van der Waals surface area contributed by atoms with Crippen molar-refractivity contribution in [3.05, 3.63) is 12.2 Å². The van der Waals surface area contributed by atoms with Gasteiger partial charge in [-0.3, -0.25) is 19.2 Å². The van der Waals surface area contributed by atoms with E-state index < -0.39 is 47.9 Å². The van der Waals surface area contributed by atoms with Crippen LogP contribution in [-0.4, -0.2) is 93.1 Å². The van der Waals surface area contributed by atoms with Crippen LogP contribution in [0.4, 0.5) is 4.79 Å². The zero-order valence-electron chi connectivity index (χ0n) is 25.3. The van der Waals surface area contributed by atoms with Crippen molar-refractivity contribution in [3.63, 3.8) is 0 Å². The van der Waals surface area contributed by atoms with Gasteiger partial charge >= 0.3 is 6.09 Å². The zero-order valence-corrected chi connectivity index (χ0v) is 25.3. The Hall–Kier alpha value is -3.15. The van der Waals surface area contributed by atoms with Crippen LogP contribution >= 0.6 is 0 Å². The third-order valence-corrected chi connectivity index (χ3v) is 6.97. The van der Waals surface area contributed by atoms with Crippen molar-refractivity contribution in [3.8, 4) is 0 Å². The Morgan fingerprint density at radius 3 is 2.20 bits per heavy atom. The summed E-state index contributed by atoms with van der Waals surface area (Å²) in [5, 5.41) is 13.7. The second-order valence-electron chi connectivity index (χ2n) is 11.0. The SMILES string of the molecule is CNC(=O)[C@H](CCNC(=O)OC)NC(=O)[C@@H](NC(=O)C1CCCN1C(=O)[C@@H](C)/C=C/[C@H](CC(C)C)NC)C(C)C. The van der Waals surface area contributed by atoms with Crippen LogP contribution in [0, 0.1) is 17.8 Å². The molecule has 5 atom stereocenters. The third kappa shape index (κ3) is 11.1. The Morgan fingerprint density at radius 1 is 0.975 bits per heavy atom. The lowest BCUT2D eigenvalue weighted by Gasteiger charge is -2.29. The molecule has 1 rings (SSSR count). The van der Waals surface area contributed by atoms with Gasteiger partial charge in [-0.15, -0.1) is 0 Å². The quantitative estimate of drug-likeness (QED) is 0.184. The molecule has 0 aliphatic carbocycles. The first kappa shape index (κ1) is 34.9. The van der Waals surface area contributed by atoms with Crippen LogP contribution < -0.4 is 26.6 Å². The number of hydrogen-bond donors (Lipinski definition) is 5. The summed E-state index contributed by atoms with van der Waals surface area (Å²) >= 11 is 0. The second kappa shape index (κ2) is 17.5. The highest BCUT2D eigenvalue weighted by atomic mass is 16.5. The zero-order chi connectivity index (χ0) is 30.4. The van der Waals surface area contributed by atoms with Crippen molar-refractivity contribution in [2.45, 2.75) is 84.5 Å². The van der Waals surface area contributed by atoms with E-state index >= 15 is 0 Å². The maximum Gasteiger partial charge on any atom is 0.406 e. The monoisotopic (exact) mass is 566 g/mol. The maximum absolute atomic E-state index is 13.3. The van der Waals surface area contributed by atoms with Crippen LogP contribution in [0.1, 0.15) is 60.3 Å². The highest BCUT2D eigenvalue weighted by molar-refractivity contribution is 5.95. The van der Waals surface area contributed by atoms with E-state index in [9.17, 15) is 24.0 Å². The lowest BCUT2D eigenvalue weighted by molar-refractivity contribution is -0.141. The summed E-state index contributed by atoms with van der Waals surface area (Å²) < 4.78 is 4.52. The summed E-state index contributed by atoms with van der Waals surface area (Å²) in [6, 6.07) is -2.36. The fraction of sp³-hybridized carbons (Fsp3) is 0.750. The number of nitrogens with one attached hydrogen (secondary N) is 5. The number of methoxy groups -OCH3 is 1. The molecule has 1 aliphatic heterocycles. The minimum atomic E-state index is -0.929. The Kier molecular flexibility index (Phi) is 15.3. The molecular weight excluding hydrogens is 516 g/mol. The Morgan fingerprint density at radius 2 is 1.65 bits per heavy atom. The molecule has 12 heteroatoms. The Bertz CT molecular complexity index is 893. The number of rotatable bonds is 15. The fourth-order valence-electron chi connectivity index (χ4n) is 4.63. The number of likely N-dealkylation sites (tertiary alicyclic amines) is 1. The lowest BCUT2D eigenvalue weighted by Crippen LogP contribution is -2.58. The van der Waals surface area contributed by atoms with Gasteiger partial charge in [0.05, 0.1) is 13.0 Å². The molecule has 5 amide bonds. The van der Waals surface area contributed by atoms with E-state index in [1.165, 1.54) is 14.2 Å². The summed E-state index contributed by atoms with van der Waals surface area (Å²) in [5.74, 6) is -1.65. The number of nitrogens with zero attached hydrogens (tertiary/aromatic N) is 1. The minimum absolute atomic E-state index is 0.0993. The van der Waals surface area contributed by atoms with Crippen LogP contribution in [0.15, 0.2) is 12.2 Å². The first-order valence-corrected chi connectivity index (χ1v) is 14.2. The molecule has 0 aromatic heterocycles. The number of ether oxygens (including phenoxy) is 1. The van der Waals surface area contributed by atoms with Crippen LogP contribution in [0.3, 0.4) is 0 Å². The molecule has 5 N–H and O–H groups in total. The van der Waals surface area contributed by atoms with Crippen molar-refractivity contribution in [2.75, 3.05) is 34.3 Å². The molecule has 12 nitrogen and oxygen atoms in total. The van der Waals surface area contributed by atoms with E-state index in [4.69, 9.17) is 0 Å². The summed E-state index contributed by atoms with van der Waals surface area (Å²) in [6.45, 7) is 10.3. The molecule has 0 saturated carbocycles. The average Bonchev–Trinajstić information content (AvgIpc) is 3.41. The van der Waals surface area contributed by atoms with Gasteiger partial charge in [0.15, 0.2) is 0 Å². The molecule has 0 bridgehead atoms. The van der Waals surface area contributed by atoms with E-state index in [1.54, 1.807) is 18.7 Å². The van der Waals surface area contributed by atoms with Gasteiger partial charge in [0.1, 0.15) is 18.1 Å². The standard InChI is InChI=1S/C28H50N6O6/c1-17(2)16-20(29-6)12-11-19(5)27(38)34-15-9-10-22(34)25(36)33-23(18(3)4)26(37)32-21(24(35)30-7)13-14-31-28(39)40-8/h11-12,17-23,29H,9-10,13-16H2,1-8H3,(H,30,35)(H,31,39)(H,32,37)(H,33,36)/b12-11+/t19-,20+,21-,22?,23-/m0/s1. The summed E-state index contributed by atoms with van der Waals surface area (Å²) in [7, 11) is 4.57. The van der Waals surface area contributed by atoms with Crippen molar-refractivity contribution in [2.24, 2.45) is 17.8 Å². The van der Waals surface area contributed by atoms with E-state index in [-0.39, 0.29) is 30.8 Å². The molecule has 1 heterocycles. The van der Waals surface area contributed by atoms with E-state index in [0.717, 1.165) is 6.42 Å². The summed E-state index contributed by atoms with van der Waals surface area (Å²) in [5.41, 5.74) is 0. The Balaban J connectivity index is 2.90. The molecule has 1 unspecified atom stereocenters. The van der Waals surface area contributed by atoms with Gasteiger partial charge in [0.2, 0.25) is 23.6 Å². The normalized spacial score (nSPS) is 18.2. The van der Waals surface area contributed by atoms with Crippen LogP contribution in [0.25, 0.3) is 0 Å². The Labute approximate surface area is 238 Å².